The summed E-state index contributed by atoms with van der Waals surface area (Å²) >= 11 is 0. The summed E-state index contributed by atoms with van der Waals surface area (Å²) in [5.41, 5.74) is -2.07. The van der Waals surface area contributed by atoms with Crippen LogP contribution in [-0.2, 0) is 9.53 Å². The number of carbonyl (C=O) groups is 1. The van der Waals surface area contributed by atoms with Crippen LogP contribution >= 0.6 is 0 Å². The standard InChI is InChI=1S/C14H18O4/c15-11-5-1-2-8-14(17)10-12(16)6-3-4-7-13(12,9-11)18-14/h1-4,16-17H,5-10H2/b2-1-/t12-,13+,14-/m1/s1. The third-order valence-corrected chi connectivity index (χ3v) is 4.30. The van der Waals surface area contributed by atoms with Gasteiger partial charge >= 0.3 is 0 Å². The monoisotopic (exact) mass is 250 g/mol. The predicted molar refractivity (Wildman–Crippen MR) is 64.7 cm³/mol. The molecule has 98 valence electrons. The number of hydrogen-bond donors (Lipinski definition) is 2. The Balaban J connectivity index is 2.04. The summed E-state index contributed by atoms with van der Waals surface area (Å²) in [6.07, 6.45) is 9.31. The lowest BCUT2D eigenvalue weighted by Gasteiger charge is -2.41. The number of allylic oxidation sites excluding steroid dienone is 1. The molecule has 0 aromatic rings. The third-order valence-electron chi connectivity index (χ3n) is 4.30. The van der Waals surface area contributed by atoms with Gasteiger partial charge in [-0.1, -0.05) is 24.3 Å². The van der Waals surface area contributed by atoms with Crippen molar-refractivity contribution in [2.45, 2.75) is 55.5 Å². The zero-order chi connectivity index (χ0) is 12.9. The minimum atomic E-state index is -1.35. The minimum absolute atomic E-state index is 0.0473. The first-order valence-electron chi connectivity index (χ1n) is 6.44. The Kier molecular flexibility index (Phi) is 2.52. The summed E-state index contributed by atoms with van der Waals surface area (Å²) in [4.78, 5) is 11.9. The van der Waals surface area contributed by atoms with Crippen LogP contribution in [0.2, 0.25) is 0 Å². The maximum absolute atomic E-state index is 11.9. The number of hydrogen-bond acceptors (Lipinski definition) is 4. The van der Waals surface area contributed by atoms with E-state index in [1.165, 1.54) is 0 Å². The minimum Gasteiger partial charge on any atom is -0.386 e. The highest BCUT2D eigenvalue weighted by atomic mass is 16.7. The molecule has 3 aliphatic rings. The highest BCUT2D eigenvalue weighted by molar-refractivity contribution is 5.81. The number of ether oxygens (including phenoxy) is 1. The van der Waals surface area contributed by atoms with Gasteiger partial charge in [0.15, 0.2) is 5.79 Å². The van der Waals surface area contributed by atoms with Gasteiger partial charge in [-0.15, -0.1) is 0 Å². The van der Waals surface area contributed by atoms with Crippen molar-refractivity contribution in [1.82, 2.24) is 0 Å². The molecule has 2 aliphatic heterocycles. The highest BCUT2D eigenvalue weighted by Gasteiger charge is 2.64. The van der Waals surface area contributed by atoms with Gasteiger partial charge in [-0.25, -0.2) is 0 Å². The fraction of sp³-hybridized carbons (Fsp3) is 0.643. The second-order valence-electron chi connectivity index (χ2n) is 5.73. The van der Waals surface area contributed by atoms with Crippen LogP contribution in [0, 0.1) is 0 Å². The van der Waals surface area contributed by atoms with Crippen molar-refractivity contribution in [3.8, 4) is 0 Å². The number of rotatable bonds is 0. The molecule has 3 rings (SSSR count). The Hall–Kier alpha value is -0.970. The van der Waals surface area contributed by atoms with Crippen molar-refractivity contribution in [3.05, 3.63) is 24.3 Å². The molecule has 1 saturated heterocycles. The summed E-state index contributed by atoms with van der Waals surface area (Å²) in [7, 11) is 0. The van der Waals surface area contributed by atoms with E-state index in [1.807, 2.05) is 12.2 Å². The Morgan fingerprint density at radius 1 is 1.06 bits per heavy atom. The molecule has 1 spiro atoms. The van der Waals surface area contributed by atoms with Crippen molar-refractivity contribution in [2.75, 3.05) is 0 Å². The molecule has 2 bridgehead atoms. The van der Waals surface area contributed by atoms with Gasteiger partial charge in [0, 0.05) is 25.7 Å². The van der Waals surface area contributed by atoms with Crippen LogP contribution in [0.5, 0.6) is 0 Å². The van der Waals surface area contributed by atoms with E-state index >= 15 is 0 Å². The van der Waals surface area contributed by atoms with Crippen LogP contribution in [0.25, 0.3) is 0 Å². The lowest BCUT2D eigenvalue weighted by molar-refractivity contribution is -0.232. The van der Waals surface area contributed by atoms with Gasteiger partial charge < -0.3 is 14.9 Å². The van der Waals surface area contributed by atoms with Crippen molar-refractivity contribution < 1.29 is 19.7 Å². The van der Waals surface area contributed by atoms with E-state index in [0.717, 1.165) is 0 Å². The molecule has 0 amide bonds. The van der Waals surface area contributed by atoms with Crippen LogP contribution in [0.1, 0.15) is 38.5 Å². The topological polar surface area (TPSA) is 66.8 Å². The molecule has 3 atom stereocenters. The van der Waals surface area contributed by atoms with Crippen molar-refractivity contribution >= 4 is 5.78 Å². The number of Topliss-reactive ketones (excluding diaryl/α,β-unsaturated/α-hetero) is 1. The number of carbonyl (C=O) groups excluding carboxylic acids is 1. The summed E-state index contributed by atoms with van der Waals surface area (Å²) in [6, 6.07) is 0. The van der Waals surface area contributed by atoms with Crippen molar-refractivity contribution in [2.24, 2.45) is 0 Å². The van der Waals surface area contributed by atoms with Gasteiger partial charge in [0.25, 0.3) is 0 Å². The van der Waals surface area contributed by atoms with E-state index in [4.69, 9.17) is 4.74 Å². The van der Waals surface area contributed by atoms with E-state index in [1.54, 1.807) is 12.2 Å². The van der Waals surface area contributed by atoms with Crippen LogP contribution in [0.3, 0.4) is 0 Å². The zero-order valence-corrected chi connectivity index (χ0v) is 10.3. The Morgan fingerprint density at radius 2 is 1.78 bits per heavy atom. The van der Waals surface area contributed by atoms with E-state index < -0.39 is 17.0 Å². The second-order valence-corrected chi connectivity index (χ2v) is 5.73. The van der Waals surface area contributed by atoms with E-state index in [2.05, 4.69) is 0 Å². The lowest BCUT2D eigenvalue weighted by Crippen LogP contribution is -2.53. The van der Waals surface area contributed by atoms with Gasteiger partial charge in [0.05, 0.1) is 0 Å². The van der Waals surface area contributed by atoms with E-state index in [-0.39, 0.29) is 18.6 Å². The van der Waals surface area contributed by atoms with Crippen LogP contribution in [0.15, 0.2) is 24.3 Å². The predicted octanol–water partition coefficient (Wildman–Crippen LogP) is 1.22. The van der Waals surface area contributed by atoms with E-state index in [0.29, 0.717) is 25.7 Å². The van der Waals surface area contributed by atoms with Crippen molar-refractivity contribution in [1.29, 1.82) is 0 Å². The molecule has 0 aromatic heterocycles. The first kappa shape index (κ1) is 12.1. The maximum Gasteiger partial charge on any atom is 0.172 e. The van der Waals surface area contributed by atoms with Gasteiger partial charge in [-0.3, -0.25) is 4.79 Å². The molecular formula is C14H18O4. The van der Waals surface area contributed by atoms with Gasteiger partial charge in [-0.2, -0.15) is 0 Å². The smallest absolute Gasteiger partial charge is 0.172 e. The van der Waals surface area contributed by atoms with Gasteiger partial charge in [0.2, 0.25) is 0 Å². The summed E-state index contributed by atoms with van der Waals surface area (Å²) in [5.74, 6) is -1.30. The largest absolute Gasteiger partial charge is 0.386 e. The average molecular weight is 250 g/mol. The maximum atomic E-state index is 11.9. The fourth-order valence-corrected chi connectivity index (χ4v) is 3.41. The van der Waals surface area contributed by atoms with Crippen LogP contribution in [0.4, 0.5) is 0 Å². The molecule has 2 N–H and O–H groups in total. The highest BCUT2D eigenvalue weighted by Crippen LogP contribution is 2.53. The summed E-state index contributed by atoms with van der Waals surface area (Å²) < 4.78 is 5.82. The Bertz CT molecular complexity index is 441. The fourth-order valence-electron chi connectivity index (χ4n) is 3.41. The molecule has 18 heavy (non-hydrogen) atoms. The SMILES string of the molecule is O=C1C/C=C\C[C@]2(O)C[C@]3(O)CC=CC[C@@]3(C1)O2. The molecule has 0 unspecified atom stereocenters. The zero-order valence-electron chi connectivity index (χ0n) is 10.3. The quantitative estimate of drug-likeness (QED) is 0.634. The molecule has 0 saturated carbocycles. The molecule has 1 aliphatic carbocycles. The van der Waals surface area contributed by atoms with Crippen LogP contribution in [-0.4, -0.2) is 33.0 Å². The molecule has 4 heteroatoms. The van der Waals surface area contributed by atoms with Gasteiger partial charge in [-0.05, 0) is 12.8 Å². The normalized spacial score (nSPS) is 49.1. The molecule has 0 radical (unpaired) electrons. The molecule has 2 heterocycles. The molecule has 0 aromatic carbocycles. The summed E-state index contributed by atoms with van der Waals surface area (Å²) in [5, 5.41) is 21.2. The third kappa shape index (κ3) is 1.67. The van der Waals surface area contributed by atoms with Gasteiger partial charge in [0.1, 0.15) is 17.0 Å². The first-order chi connectivity index (χ1) is 8.47. The number of aliphatic hydroxyl groups is 2. The first-order valence-corrected chi connectivity index (χ1v) is 6.44. The number of fused-ring (bicyclic) bond motifs is 1. The molecular weight excluding hydrogens is 232 g/mol. The Labute approximate surface area is 106 Å². The summed E-state index contributed by atoms with van der Waals surface area (Å²) in [6.45, 7) is 0. The molecule has 4 nitrogen and oxygen atoms in total. The molecule has 1 fully saturated rings. The number of ketones is 1. The van der Waals surface area contributed by atoms with E-state index in [9.17, 15) is 15.0 Å². The Morgan fingerprint density at radius 3 is 2.61 bits per heavy atom. The van der Waals surface area contributed by atoms with Crippen molar-refractivity contribution in [3.63, 3.8) is 0 Å². The van der Waals surface area contributed by atoms with Crippen LogP contribution < -0.4 is 0 Å². The lowest BCUT2D eigenvalue weighted by atomic mass is 9.71. The average Bonchev–Trinajstić information content (AvgIpc) is 2.54. The second kappa shape index (κ2) is 3.76.